The van der Waals surface area contributed by atoms with E-state index in [1.165, 1.54) is 0 Å². The van der Waals surface area contributed by atoms with Crippen LogP contribution in [0.25, 0.3) is 0 Å². The summed E-state index contributed by atoms with van der Waals surface area (Å²) in [5.41, 5.74) is -0.226. The molecular weight excluding hydrogens is 307 g/mol. The standard InChI is InChI=1S/C9H7BrClF2NO2/c10-8-5(2-11)7(9(12)13)4(3-14-8)1-6(15)16/h3,9H,1-2H2,(H,15,16). The number of halogens is 4. The Bertz CT molecular complexity index is 415. The molecule has 0 aliphatic heterocycles. The molecule has 0 fully saturated rings. The third-order valence-corrected chi connectivity index (χ3v) is 2.90. The number of carboxylic acids is 1. The first-order valence-corrected chi connectivity index (χ1v) is 5.52. The van der Waals surface area contributed by atoms with Gasteiger partial charge in [0.25, 0.3) is 6.43 Å². The summed E-state index contributed by atoms with van der Waals surface area (Å²) in [5, 5.41) is 8.59. The summed E-state index contributed by atoms with van der Waals surface area (Å²) in [4.78, 5) is 14.3. The van der Waals surface area contributed by atoms with Crippen molar-refractivity contribution in [2.75, 3.05) is 0 Å². The largest absolute Gasteiger partial charge is 0.481 e. The van der Waals surface area contributed by atoms with E-state index in [2.05, 4.69) is 20.9 Å². The van der Waals surface area contributed by atoms with Crippen molar-refractivity contribution in [1.29, 1.82) is 0 Å². The molecule has 1 rings (SSSR count). The highest BCUT2D eigenvalue weighted by molar-refractivity contribution is 9.10. The number of aromatic nitrogens is 1. The number of alkyl halides is 3. The van der Waals surface area contributed by atoms with E-state index < -0.39 is 18.8 Å². The number of carboxylic acid groups (broad SMARTS) is 1. The third-order valence-electron chi connectivity index (χ3n) is 1.95. The van der Waals surface area contributed by atoms with Gasteiger partial charge >= 0.3 is 5.97 Å². The van der Waals surface area contributed by atoms with Crippen LogP contribution in [0.15, 0.2) is 10.8 Å². The Morgan fingerprint density at radius 2 is 2.25 bits per heavy atom. The van der Waals surface area contributed by atoms with Gasteiger partial charge in [-0.25, -0.2) is 13.8 Å². The van der Waals surface area contributed by atoms with Crippen molar-refractivity contribution in [2.45, 2.75) is 18.7 Å². The van der Waals surface area contributed by atoms with Crippen molar-refractivity contribution in [3.63, 3.8) is 0 Å². The predicted octanol–water partition coefficient (Wildman–Crippen LogP) is 3.15. The molecule has 1 aromatic rings. The molecule has 0 unspecified atom stereocenters. The number of nitrogens with zero attached hydrogens (tertiary/aromatic N) is 1. The maximum atomic E-state index is 12.8. The van der Waals surface area contributed by atoms with E-state index in [1.54, 1.807) is 0 Å². The van der Waals surface area contributed by atoms with Crippen LogP contribution in [-0.4, -0.2) is 16.1 Å². The first-order valence-electron chi connectivity index (χ1n) is 4.19. The minimum atomic E-state index is -2.78. The Morgan fingerprint density at radius 3 is 2.69 bits per heavy atom. The average molecular weight is 315 g/mol. The van der Waals surface area contributed by atoms with E-state index in [-0.39, 0.29) is 27.2 Å². The highest BCUT2D eigenvalue weighted by atomic mass is 79.9. The first kappa shape index (κ1) is 13.3. The van der Waals surface area contributed by atoms with E-state index in [0.29, 0.717) is 0 Å². The maximum absolute atomic E-state index is 12.8. The Balaban J connectivity index is 3.32. The van der Waals surface area contributed by atoms with Crippen LogP contribution >= 0.6 is 27.5 Å². The second-order valence-electron chi connectivity index (χ2n) is 2.97. The van der Waals surface area contributed by atoms with Gasteiger partial charge in [-0.3, -0.25) is 4.79 Å². The molecule has 0 radical (unpaired) electrons. The van der Waals surface area contributed by atoms with Gasteiger partial charge in [0.1, 0.15) is 4.60 Å². The number of pyridine rings is 1. The molecule has 1 heterocycles. The van der Waals surface area contributed by atoms with Crippen LogP contribution in [0.2, 0.25) is 0 Å². The molecule has 0 bridgehead atoms. The molecule has 0 aromatic carbocycles. The second-order valence-corrected chi connectivity index (χ2v) is 3.99. The van der Waals surface area contributed by atoms with Gasteiger partial charge in [-0.1, -0.05) is 0 Å². The van der Waals surface area contributed by atoms with E-state index in [0.717, 1.165) is 6.20 Å². The monoisotopic (exact) mass is 313 g/mol. The number of hydrogen-bond donors (Lipinski definition) is 1. The fourth-order valence-electron chi connectivity index (χ4n) is 1.29. The molecular formula is C9H7BrClF2NO2. The molecule has 0 aliphatic carbocycles. The van der Waals surface area contributed by atoms with Crippen LogP contribution in [0.4, 0.5) is 8.78 Å². The van der Waals surface area contributed by atoms with E-state index in [4.69, 9.17) is 16.7 Å². The SMILES string of the molecule is O=C(O)Cc1cnc(Br)c(CCl)c1C(F)F. The van der Waals surface area contributed by atoms with Gasteiger partial charge in [0.15, 0.2) is 0 Å². The van der Waals surface area contributed by atoms with Gasteiger partial charge in [-0.15, -0.1) is 11.6 Å². The van der Waals surface area contributed by atoms with Gasteiger partial charge in [-0.2, -0.15) is 0 Å². The molecule has 0 spiro atoms. The average Bonchev–Trinajstić information content (AvgIpc) is 2.18. The van der Waals surface area contributed by atoms with Crippen molar-refractivity contribution in [3.8, 4) is 0 Å². The molecule has 7 heteroatoms. The predicted molar refractivity (Wildman–Crippen MR) is 57.8 cm³/mol. The summed E-state index contributed by atoms with van der Waals surface area (Å²) < 4.78 is 25.8. The van der Waals surface area contributed by atoms with E-state index >= 15 is 0 Å². The topological polar surface area (TPSA) is 50.2 Å². The molecule has 0 saturated heterocycles. The fourth-order valence-corrected chi connectivity index (χ4v) is 2.18. The summed E-state index contributed by atoms with van der Waals surface area (Å²) in [6.07, 6.45) is -2.15. The van der Waals surface area contributed by atoms with Crippen molar-refractivity contribution in [1.82, 2.24) is 4.98 Å². The van der Waals surface area contributed by atoms with Crippen LogP contribution in [0, 0.1) is 0 Å². The normalized spacial score (nSPS) is 10.8. The number of carbonyl (C=O) groups is 1. The highest BCUT2D eigenvalue weighted by Gasteiger charge is 2.21. The summed E-state index contributed by atoms with van der Waals surface area (Å²) in [5.74, 6) is -1.34. The summed E-state index contributed by atoms with van der Waals surface area (Å²) in [6, 6.07) is 0. The summed E-state index contributed by atoms with van der Waals surface area (Å²) >= 11 is 8.54. The fraction of sp³-hybridized carbons (Fsp3) is 0.333. The molecule has 0 amide bonds. The van der Waals surface area contributed by atoms with Crippen molar-refractivity contribution >= 4 is 33.5 Å². The zero-order valence-electron chi connectivity index (χ0n) is 7.88. The smallest absolute Gasteiger partial charge is 0.307 e. The number of rotatable bonds is 4. The quantitative estimate of drug-likeness (QED) is 0.686. The molecule has 1 aromatic heterocycles. The Hall–Kier alpha value is -0.750. The van der Waals surface area contributed by atoms with Crippen molar-refractivity contribution < 1.29 is 18.7 Å². The molecule has 3 nitrogen and oxygen atoms in total. The lowest BCUT2D eigenvalue weighted by atomic mass is 10.0. The van der Waals surface area contributed by atoms with Gasteiger partial charge in [-0.05, 0) is 21.5 Å². The molecule has 0 saturated carbocycles. The van der Waals surface area contributed by atoms with Crippen LogP contribution < -0.4 is 0 Å². The third kappa shape index (κ3) is 2.89. The lowest BCUT2D eigenvalue weighted by molar-refractivity contribution is -0.136. The second kappa shape index (κ2) is 5.54. The Morgan fingerprint density at radius 1 is 1.62 bits per heavy atom. The maximum Gasteiger partial charge on any atom is 0.307 e. The lowest BCUT2D eigenvalue weighted by Gasteiger charge is -2.12. The minimum Gasteiger partial charge on any atom is -0.481 e. The molecule has 1 N–H and O–H groups in total. The minimum absolute atomic E-state index is 0.0126. The van der Waals surface area contributed by atoms with Gasteiger partial charge in [0.05, 0.1) is 12.3 Å². The van der Waals surface area contributed by atoms with Gasteiger partial charge in [0.2, 0.25) is 0 Å². The number of aliphatic carboxylic acids is 1. The van der Waals surface area contributed by atoms with E-state index in [1.807, 2.05) is 0 Å². The molecule has 16 heavy (non-hydrogen) atoms. The zero-order valence-corrected chi connectivity index (χ0v) is 10.2. The van der Waals surface area contributed by atoms with Crippen LogP contribution in [0.3, 0.4) is 0 Å². The van der Waals surface area contributed by atoms with E-state index in [9.17, 15) is 13.6 Å². The molecule has 0 aliphatic rings. The molecule has 88 valence electrons. The van der Waals surface area contributed by atoms with Gasteiger partial charge in [0, 0.05) is 17.3 Å². The Kier molecular flexibility index (Phi) is 4.61. The first-order chi connectivity index (χ1) is 7.47. The summed E-state index contributed by atoms with van der Waals surface area (Å²) in [6.45, 7) is 0. The number of hydrogen-bond acceptors (Lipinski definition) is 2. The van der Waals surface area contributed by atoms with Crippen molar-refractivity contribution in [3.05, 3.63) is 27.5 Å². The van der Waals surface area contributed by atoms with Crippen molar-refractivity contribution in [2.24, 2.45) is 0 Å². The Labute approximate surface area is 104 Å². The van der Waals surface area contributed by atoms with Crippen LogP contribution in [0.1, 0.15) is 23.1 Å². The van der Waals surface area contributed by atoms with Crippen LogP contribution in [-0.2, 0) is 17.1 Å². The summed E-state index contributed by atoms with van der Waals surface area (Å²) in [7, 11) is 0. The molecule has 0 atom stereocenters. The zero-order chi connectivity index (χ0) is 12.3. The van der Waals surface area contributed by atoms with Crippen LogP contribution in [0.5, 0.6) is 0 Å². The van der Waals surface area contributed by atoms with Gasteiger partial charge < -0.3 is 5.11 Å². The lowest BCUT2D eigenvalue weighted by Crippen LogP contribution is -2.08. The highest BCUT2D eigenvalue weighted by Crippen LogP contribution is 2.31.